The van der Waals surface area contributed by atoms with E-state index in [1.54, 1.807) is 0 Å². The van der Waals surface area contributed by atoms with Crippen LogP contribution in [0.3, 0.4) is 0 Å². The number of hydrogen-bond donors (Lipinski definition) is 0. The summed E-state index contributed by atoms with van der Waals surface area (Å²) < 4.78 is 0. The molecule has 0 heteroatoms. The van der Waals surface area contributed by atoms with Gasteiger partial charge in [0.1, 0.15) is 0 Å². The Hall–Kier alpha value is 0. The van der Waals surface area contributed by atoms with Gasteiger partial charge in [0.05, 0.1) is 0 Å². The summed E-state index contributed by atoms with van der Waals surface area (Å²) in [5.41, 5.74) is 0. The Morgan fingerprint density at radius 3 is 0.758 bits per heavy atom. The minimum atomic E-state index is 0.956. The minimum absolute atomic E-state index is 0.956. The molecule has 0 spiro atoms. The molecular weight excluding hydrogens is 396 g/mol. The quantitative estimate of drug-likeness (QED) is 0.101. The van der Waals surface area contributed by atoms with Crippen molar-refractivity contribution in [2.24, 2.45) is 11.8 Å². The zero-order chi connectivity index (χ0) is 24.2. The van der Waals surface area contributed by atoms with E-state index in [4.69, 9.17) is 0 Å². The molecule has 0 N–H and O–H groups in total. The number of hydrogen-bond acceptors (Lipinski definition) is 0. The van der Waals surface area contributed by atoms with E-state index in [-0.39, 0.29) is 0 Å². The summed E-state index contributed by atoms with van der Waals surface area (Å²) in [6, 6.07) is 0. The maximum absolute atomic E-state index is 2.50. The fraction of sp³-hybridized carbons (Fsp3) is 1.00. The summed E-state index contributed by atoms with van der Waals surface area (Å²) in [7, 11) is 0. The minimum Gasteiger partial charge on any atom is -0.0654 e. The average molecular weight is 465 g/mol. The molecular formula is C33H68. The lowest BCUT2D eigenvalue weighted by Gasteiger charge is -2.14. The van der Waals surface area contributed by atoms with Crippen LogP contribution in [0.5, 0.6) is 0 Å². The summed E-state index contributed by atoms with van der Waals surface area (Å²) in [5.74, 6) is 1.91. The normalized spacial score (nSPS) is 13.5. The van der Waals surface area contributed by atoms with Crippen LogP contribution in [0, 0.1) is 11.8 Å². The van der Waals surface area contributed by atoms with E-state index in [2.05, 4.69) is 27.7 Å². The molecule has 0 rings (SSSR count). The zero-order valence-corrected chi connectivity index (χ0v) is 24.2. The summed E-state index contributed by atoms with van der Waals surface area (Å²) in [6.45, 7) is 9.61. The highest BCUT2D eigenvalue weighted by Crippen LogP contribution is 2.22. The first kappa shape index (κ1) is 33.0. The van der Waals surface area contributed by atoms with Crippen LogP contribution in [0.1, 0.15) is 201 Å². The first-order valence-electron chi connectivity index (χ1n) is 16.2. The molecule has 0 radical (unpaired) electrons. The second-order valence-electron chi connectivity index (χ2n) is 11.8. The molecule has 0 fully saturated rings. The Balaban J connectivity index is 3.23. The topological polar surface area (TPSA) is 0 Å². The van der Waals surface area contributed by atoms with Gasteiger partial charge >= 0.3 is 0 Å². The monoisotopic (exact) mass is 465 g/mol. The van der Waals surface area contributed by atoms with Crippen molar-refractivity contribution in [1.82, 2.24) is 0 Å². The number of rotatable bonds is 28. The Bertz CT molecular complexity index is 333. The molecule has 200 valence electrons. The van der Waals surface area contributed by atoms with Gasteiger partial charge < -0.3 is 0 Å². The molecule has 2 atom stereocenters. The lowest BCUT2D eigenvalue weighted by Crippen LogP contribution is -1.99. The van der Waals surface area contributed by atoms with Gasteiger partial charge in [-0.25, -0.2) is 0 Å². The van der Waals surface area contributed by atoms with E-state index in [1.807, 2.05) is 0 Å². The lowest BCUT2D eigenvalue weighted by molar-refractivity contribution is 0.390. The van der Waals surface area contributed by atoms with Crippen molar-refractivity contribution in [2.75, 3.05) is 0 Å². The molecule has 0 aliphatic rings. The first-order chi connectivity index (χ1) is 16.2. The van der Waals surface area contributed by atoms with E-state index < -0.39 is 0 Å². The highest BCUT2D eigenvalue weighted by Gasteiger charge is 2.06. The maximum Gasteiger partial charge on any atom is -0.0443 e. The summed E-state index contributed by atoms with van der Waals surface area (Å²) in [5, 5.41) is 0. The molecule has 0 aliphatic carbocycles. The Morgan fingerprint density at radius 1 is 0.273 bits per heavy atom. The molecule has 0 aromatic rings. The van der Waals surface area contributed by atoms with Crippen LogP contribution >= 0.6 is 0 Å². The molecule has 0 amide bonds. The van der Waals surface area contributed by atoms with Crippen LogP contribution in [-0.2, 0) is 0 Å². The van der Waals surface area contributed by atoms with Crippen molar-refractivity contribution in [3.8, 4) is 0 Å². The van der Waals surface area contributed by atoms with Crippen LogP contribution in [0.4, 0.5) is 0 Å². The smallest absolute Gasteiger partial charge is 0.0443 e. The van der Waals surface area contributed by atoms with Crippen molar-refractivity contribution >= 4 is 0 Å². The van der Waals surface area contributed by atoms with Gasteiger partial charge in [-0.3, -0.25) is 0 Å². The SMILES string of the molecule is CCCCCCCCCCCCCCCCCCC(C)CCCC(C)CCCCCCCC. The van der Waals surface area contributed by atoms with Crippen LogP contribution in [-0.4, -0.2) is 0 Å². The summed E-state index contributed by atoms with van der Waals surface area (Å²) >= 11 is 0. The van der Waals surface area contributed by atoms with Crippen LogP contribution in [0.2, 0.25) is 0 Å². The Labute approximate surface area is 212 Å². The molecule has 0 heterocycles. The van der Waals surface area contributed by atoms with E-state index >= 15 is 0 Å². The molecule has 0 aromatic heterocycles. The fourth-order valence-corrected chi connectivity index (χ4v) is 5.42. The fourth-order valence-electron chi connectivity index (χ4n) is 5.42. The van der Waals surface area contributed by atoms with Gasteiger partial charge in [-0.2, -0.15) is 0 Å². The predicted octanol–water partition coefficient (Wildman–Crippen LogP) is 12.8. The third-order valence-corrected chi connectivity index (χ3v) is 7.99. The third kappa shape index (κ3) is 28.1. The van der Waals surface area contributed by atoms with Gasteiger partial charge in [-0.1, -0.05) is 201 Å². The van der Waals surface area contributed by atoms with Gasteiger partial charge in [0.2, 0.25) is 0 Å². The molecule has 33 heavy (non-hydrogen) atoms. The molecule has 0 bridgehead atoms. The third-order valence-electron chi connectivity index (χ3n) is 7.99. The highest BCUT2D eigenvalue weighted by atomic mass is 14.1. The van der Waals surface area contributed by atoms with Gasteiger partial charge in [-0.05, 0) is 11.8 Å². The van der Waals surface area contributed by atoms with Gasteiger partial charge in [0, 0.05) is 0 Å². The first-order valence-corrected chi connectivity index (χ1v) is 16.2. The van der Waals surface area contributed by atoms with Crippen molar-refractivity contribution in [1.29, 1.82) is 0 Å². The Morgan fingerprint density at radius 2 is 0.485 bits per heavy atom. The average Bonchev–Trinajstić information content (AvgIpc) is 2.81. The largest absolute Gasteiger partial charge is 0.0654 e. The maximum atomic E-state index is 2.50. The molecule has 0 nitrogen and oxygen atoms in total. The van der Waals surface area contributed by atoms with Crippen molar-refractivity contribution in [3.63, 3.8) is 0 Å². The molecule has 0 aromatic carbocycles. The second-order valence-corrected chi connectivity index (χ2v) is 11.8. The Kier molecular flexibility index (Phi) is 28.2. The van der Waals surface area contributed by atoms with Gasteiger partial charge in [0.25, 0.3) is 0 Å². The second kappa shape index (κ2) is 28.2. The molecule has 2 unspecified atom stereocenters. The van der Waals surface area contributed by atoms with E-state index in [0.717, 1.165) is 11.8 Å². The van der Waals surface area contributed by atoms with E-state index in [1.165, 1.54) is 173 Å². The van der Waals surface area contributed by atoms with E-state index in [9.17, 15) is 0 Å². The highest BCUT2D eigenvalue weighted by molar-refractivity contribution is 4.59. The molecule has 0 saturated heterocycles. The molecule has 0 aliphatic heterocycles. The van der Waals surface area contributed by atoms with Crippen molar-refractivity contribution in [2.45, 2.75) is 201 Å². The van der Waals surface area contributed by atoms with E-state index in [0.29, 0.717) is 0 Å². The zero-order valence-electron chi connectivity index (χ0n) is 24.2. The standard InChI is InChI=1S/C33H68/c1-5-7-9-11-13-14-15-16-17-18-19-20-21-22-24-26-29-33(4)31-27-30-32(3)28-25-23-12-10-8-6-2/h32-33H,5-31H2,1-4H3. The predicted molar refractivity (Wildman–Crippen MR) is 154 cm³/mol. The molecule has 0 saturated carbocycles. The summed E-state index contributed by atoms with van der Waals surface area (Å²) in [4.78, 5) is 0. The lowest BCUT2D eigenvalue weighted by atomic mass is 9.92. The summed E-state index contributed by atoms with van der Waals surface area (Å²) in [6.07, 6.45) is 39.6. The van der Waals surface area contributed by atoms with Crippen LogP contribution in [0.15, 0.2) is 0 Å². The number of unbranched alkanes of at least 4 members (excludes halogenated alkanes) is 20. The van der Waals surface area contributed by atoms with Gasteiger partial charge in [0.15, 0.2) is 0 Å². The van der Waals surface area contributed by atoms with Crippen molar-refractivity contribution in [3.05, 3.63) is 0 Å². The van der Waals surface area contributed by atoms with Crippen LogP contribution in [0.25, 0.3) is 0 Å². The van der Waals surface area contributed by atoms with Gasteiger partial charge in [-0.15, -0.1) is 0 Å². The van der Waals surface area contributed by atoms with Crippen molar-refractivity contribution < 1.29 is 0 Å². The van der Waals surface area contributed by atoms with Crippen LogP contribution < -0.4 is 0 Å².